The van der Waals surface area contributed by atoms with E-state index in [4.69, 9.17) is 14.2 Å². The van der Waals surface area contributed by atoms with Crippen LogP contribution < -0.4 is 5.32 Å². The normalized spacial score (nSPS) is 19.7. The van der Waals surface area contributed by atoms with Crippen LogP contribution in [0.2, 0.25) is 0 Å². The standard InChI is InChI=1S/C69H113NO10/c1-4-7-10-13-16-19-22-25-27-28-29-30-31-32-33-34-35-37-38-41-44-47-50-53-56-62(73)68(77)70-60(61(72)55-52-49-46-43-40-24-21-18-15-12-9-6-3)59-78-69-67(66(76)65(75)63(58-71)79-69)80-64(74)57-54-51-48-45-42-39-36-26-23-20-17-14-11-8-5-2/h7-8,10-11,14,16-17,19-20,23,25-27,29-30,32-33,36,39,42,52,55,60-63,65-67,69,71-73,75-76H,4-6,9,12-13,15,18,21-22,24,28,31,34-35,37-38,40-41,43-51,53-54,56-59H2,1-3H3,(H,70,77)/b10-7-,11-8+,17-14+,19-16-,23-20-,27-25-,30-29-,33-32-,36-26-,42-39+,55-52+. The van der Waals surface area contributed by atoms with Crippen molar-refractivity contribution in [2.24, 2.45) is 0 Å². The van der Waals surface area contributed by atoms with Crippen LogP contribution in [0, 0.1) is 0 Å². The van der Waals surface area contributed by atoms with E-state index in [0.29, 0.717) is 12.8 Å². The molecule has 80 heavy (non-hydrogen) atoms. The highest BCUT2D eigenvalue weighted by atomic mass is 16.7. The molecule has 11 heteroatoms. The van der Waals surface area contributed by atoms with Crippen LogP contribution in [0.25, 0.3) is 0 Å². The summed E-state index contributed by atoms with van der Waals surface area (Å²) in [5.41, 5.74) is 0. The van der Waals surface area contributed by atoms with Gasteiger partial charge in [0.05, 0.1) is 25.4 Å². The lowest BCUT2D eigenvalue weighted by molar-refractivity contribution is -0.305. The van der Waals surface area contributed by atoms with Gasteiger partial charge in [-0.15, -0.1) is 0 Å². The molecule has 0 saturated carbocycles. The van der Waals surface area contributed by atoms with Gasteiger partial charge >= 0.3 is 5.97 Å². The Kier molecular flexibility index (Phi) is 51.1. The number of ether oxygens (including phenoxy) is 3. The molecule has 0 bridgehead atoms. The molecular formula is C69H113NO10. The van der Waals surface area contributed by atoms with Gasteiger partial charge in [0.15, 0.2) is 12.4 Å². The zero-order chi connectivity index (χ0) is 58.2. The van der Waals surface area contributed by atoms with Gasteiger partial charge < -0.3 is 45.1 Å². The minimum atomic E-state index is -1.64. The van der Waals surface area contributed by atoms with Crippen molar-refractivity contribution in [1.82, 2.24) is 5.32 Å². The van der Waals surface area contributed by atoms with Crippen molar-refractivity contribution in [3.8, 4) is 0 Å². The number of rotatable bonds is 51. The van der Waals surface area contributed by atoms with Crippen molar-refractivity contribution in [2.45, 2.75) is 275 Å². The summed E-state index contributed by atoms with van der Waals surface area (Å²) >= 11 is 0. The average molecular weight is 1120 g/mol. The fourth-order valence-corrected chi connectivity index (χ4v) is 8.99. The molecule has 0 spiro atoms. The van der Waals surface area contributed by atoms with Crippen molar-refractivity contribution in [3.05, 3.63) is 134 Å². The minimum Gasteiger partial charge on any atom is -0.454 e. The Balaban J connectivity index is 2.68. The summed E-state index contributed by atoms with van der Waals surface area (Å²) in [5, 5.41) is 57.0. The molecular weight excluding hydrogens is 1000 g/mol. The van der Waals surface area contributed by atoms with Crippen LogP contribution in [-0.2, 0) is 23.8 Å². The van der Waals surface area contributed by atoms with Gasteiger partial charge in [-0.1, -0.05) is 264 Å². The van der Waals surface area contributed by atoms with Crippen LogP contribution in [0.5, 0.6) is 0 Å². The monoisotopic (exact) mass is 1120 g/mol. The quantitative estimate of drug-likeness (QED) is 0.0149. The number of unbranched alkanes of at least 4 members (excludes halogenated alkanes) is 21. The Bertz CT molecular complexity index is 1810. The molecule has 1 aliphatic heterocycles. The lowest BCUT2D eigenvalue weighted by atomic mass is 9.99. The Hall–Kier alpha value is -4.20. The Morgan fingerprint density at radius 1 is 0.512 bits per heavy atom. The molecule has 8 unspecified atom stereocenters. The maximum absolute atomic E-state index is 13.4. The maximum atomic E-state index is 13.4. The predicted molar refractivity (Wildman–Crippen MR) is 333 cm³/mol. The summed E-state index contributed by atoms with van der Waals surface area (Å²) in [4.78, 5) is 26.5. The molecule has 1 saturated heterocycles. The van der Waals surface area contributed by atoms with Crippen molar-refractivity contribution in [3.63, 3.8) is 0 Å². The first kappa shape index (κ1) is 73.8. The highest BCUT2D eigenvalue weighted by Gasteiger charge is 2.47. The summed E-state index contributed by atoms with van der Waals surface area (Å²) in [7, 11) is 0. The van der Waals surface area contributed by atoms with Crippen LogP contribution in [-0.4, -0.2) is 99.6 Å². The number of carbonyl (C=O) groups is 2. The lowest BCUT2D eigenvalue weighted by Gasteiger charge is -2.41. The fourth-order valence-electron chi connectivity index (χ4n) is 8.99. The molecule has 0 radical (unpaired) electrons. The molecule has 6 N–H and O–H groups in total. The van der Waals surface area contributed by atoms with Crippen LogP contribution in [0.15, 0.2) is 134 Å². The zero-order valence-corrected chi connectivity index (χ0v) is 50.1. The summed E-state index contributed by atoms with van der Waals surface area (Å²) in [6.07, 6.45) is 67.7. The van der Waals surface area contributed by atoms with Gasteiger partial charge in [-0.2, -0.15) is 0 Å². The lowest BCUT2D eigenvalue weighted by Crippen LogP contribution is -2.61. The molecule has 1 amide bonds. The van der Waals surface area contributed by atoms with E-state index in [-0.39, 0.29) is 19.4 Å². The van der Waals surface area contributed by atoms with Gasteiger partial charge in [0.2, 0.25) is 5.91 Å². The zero-order valence-electron chi connectivity index (χ0n) is 50.1. The molecule has 1 fully saturated rings. The number of hydrogen-bond acceptors (Lipinski definition) is 10. The van der Waals surface area contributed by atoms with Crippen molar-refractivity contribution in [2.75, 3.05) is 13.2 Å². The van der Waals surface area contributed by atoms with Crippen molar-refractivity contribution < 1.29 is 49.3 Å². The molecule has 0 aliphatic carbocycles. The van der Waals surface area contributed by atoms with E-state index in [1.807, 2.05) is 54.7 Å². The molecule has 1 heterocycles. The summed E-state index contributed by atoms with van der Waals surface area (Å²) in [6, 6.07) is -1.05. The predicted octanol–water partition coefficient (Wildman–Crippen LogP) is 15.2. The molecule has 11 nitrogen and oxygen atoms in total. The van der Waals surface area contributed by atoms with E-state index >= 15 is 0 Å². The van der Waals surface area contributed by atoms with E-state index < -0.39 is 67.4 Å². The SMILES string of the molecule is CC/C=C\C/C=C\C/C=C\C/C=C\C/C=C\CCCCCCCCCCC(O)C(=O)NC(COC1OC(CO)C(O)C(O)C1OC(=O)CCCCC/C=C/C=C\C=C/C=C/C=C/CC)C(O)/C=C/CCCCCCCCCCCC. The van der Waals surface area contributed by atoms with Gasteiger partial charge in [-0.3, -0.25) is 9.59 Å². The number of aliphatic hydroxyl groups is 5. The Morgan fingerprint density at radius 2 is 0.963 bits per heavy atom. The largest absolute Gasteiger partial charge is 0.454 e. The molecule has 0 aromatic heterocycles. The molecule has 1 rings (SSSR count). The van der Waals surface area contributed by atoms with Gasteiger partial charge in [0, 0.05) is 6.42 Å². The second-order valence-corrected chi connectivity index (χ2v) is 21.1. The number of esters is 1. The van der Waals surface area contributed by atoms with Gasteiger partial charge in [-0.25, -0.2) is 0 Å². The molecule has 454 valence electrons. The second kappa shape index (κ2) is 55.3. The Labute approximate surface area is 486 Å². The topological polar surface area (TPSA) is 175 Å². The third-order valence-electron chi connectivity index (χ3n) is 13.9. The maximum Gasteiger partial charge on any atom is 0.306 e. The van der Waals surface area contributed by atoms with Gasteiger partial charge in [0.25, 0.3) is 0 Å². The van der Waals surface area contributed by atoms with Crippen molar-refractivity contribution >= 4 is 11.9 Å². The van der Waals surface area contributed by atoms with Crippen LogP contribution in [0.1, 0.15) is 226 Å². The number of amides is 1. The highest BCUT2D eigenvalue weighted by molar-refractivity contribution is 5.80. The fraction of sp³-hybridized carbons (Fsp3) is 0.652. The molecule has 1 aliphatic rings. The summed E-state index contributed by atoms with van der Waals surface area (Å²) < 4.78 is 17.6. The van der Waals surface area contributed by atoms with Gasteiger partial charge in [-0.05, 0) is 89.9 Å². The number of nitrogens with one attached hydrogen (secondary N) is 1. The molecule has 8 atom stereocenters. The van der Waals surface area contributed by atoms with E-state index in [9.17, 15) is 35.1 Å². The summed E-state index contributed by atoms with van der Waals surface area (Å²) in [5.74, 6) is -1.26. The first-order chi connectivity index (χ1) is 39.2. The number of aliphatic hydroxyl groups excluding tert-OH is 5. The van der Waals surface area contributed by atoms with E-state index in [0.717, 1.165) is 116 Å². The number of allylic oxidation sites excluding steroid dienone is 21. The average Bonchev–Trinajstić information content (AvgIpc) is 3.46. The van der Waals surface area contributed by atoms with Crippen LogP contribution >= 0.6 is 0 Å². The number of hydrogen-bond donors (Lipinski definition) is 6. The van der Waals surface area contributed by atoms with E-state index in [1.165, 1.54) is 64.2 Å². The van der Waals surface area contributed by atoms with Crippen molar-refractivity contribution in [1.29, 1.82) is 0 Å². The van der Waals surface area contributed by atoms with E-state index in [2.05, 4.69) is 99.0 Å². The van der Waals surface area contributed by atoms with Crippen LogP contribution in [0.3, 0.4) is 0 Å². The minimum absolute atomic E-state index is 0.0664. The molecule has 0 aromatic rings. The third kappa shape index (κ3) is 42.6. The summed E-state index contributed by atoms with van der Waals surface area (Å²) in [6.45, 7) is 5.49. The highest BCUT2D eigenvalue weighted by Crippen LogP contribution is 2.26. The Morgan fingerprint density at radius 3 is 1.50 bits per heavy atom. The molecule has 0 aromatic carbocycles. The van der Waals surface area contributed by atoms with Crippen LogP contribution in [0.4, 0.5) is 0 Å². The first-order valence-electron chi connectivity index (χ1n) is 31.5. The van der Waals surface area contributed by atoms with Gasteiger partial charge in [0.1, 0.15) is 24.4 Å². The first-order valence-corrected chi connectivity index (χ1v) is 31.5. The number of carbonyl (C=O) groups excluding carboxylic acids is 2. The second-order valence-electron chi connectivity index (χ2n) is 21.1. The van der Waals surface area contributed by atoms with E-state index in [1.54, 1.807) is 6.08 Å². The smallest absolute Gasteiger partial charge is 0.306 e. The third-order valence-corrected chi connectivity index (χ3v) is 13.9.